The quantitative estimate of drug-likeness (QED) is 0.643. The van der Waals surface area contributed by atoms with Crippen LogP contribution in [0.2, 0.25) is 0 Å². The predicted octanol–water partition coefficient (Wildman–Crippen LogP) is 0.930. The number of rotatable bonds is 5. The molecule has 5 N–H and O–H groups in total. The van der Waals surface area contributed by atoms with Crippen LogP contribution in [-0.2, 0) is 6.42 Å². The van der Waals surface area contributed by atoms with Crippen LogP contribution in [0.4, 0.5) is 5.69 Å². The van der Waals surface area contributed by atoms with Crippen molar-refractivity contribution in [1.82, 2.24) is 10.3 Å². The fourth-order valence-corrected chi connectivity index (χ4v) is 1.87. The Morgan fingerprint density at radius 2 is 2.11 bits per heavy atom. The standard InChI is InChI=1S/C14H17N3O2/c15-11-7-13(16-8-11)14(19)17-12(9-18)6-10-4-2-1-3-5-10/h1-5,7-8,12,16,18H,6,9,15H2,(H,17,19)/t12-/m1/s1. The summed E-state index contributed by atoms with van der Waals surface area (Å²) >= 11 is 0. The number of hydrogen-bond donors (Lipinski definition) is 4. The molecule has 1 heterocycles. The van der Waals surface area contributed by atoms with E-state index in [0.717, 1.165) is 5.56 Å². The third kappa shape index (κ3) is 3.59. The third-order valence-corrected chi connectivity index (χ3v) is 2.83. The van der Waals surface area contributed by atoms with Crippen LogP contribution in [0.3, 0.4) is 0 Å². The molecule has 19 heavy (non-hydrogen) atoms. The first kappa shape index (κ1) is 13.2. The molecule has 1 aromatic carbocycles. The van der Waals surface area contributed by atoms with Crippen molar-refractivity contribution in [3.05, 3.63) is 53.9 Å². The van der Waals surface area contributed by atoms with E-state index >= 15 is 0 Å². The van der Waals surface area contributed by atoms with E-state index in [1.54, 1.807) is 12.3 Å². The number of nitrogens with one attached hydrogen (secondary N) is 2. The number of anilines is 1. The topological polar surface area (TPSA) is 91.1 Å². The number of amides is 1. The fraction of sp³-hybridized carbons (Fsp3) is 0.214. The zero-order valence-corrected chi connectivity index (χ0v) is 10.5. The van der Waals surface area contributed by atoms with Gasteiger partial charge < -0.3 is 21.1 Å². The van der Waals surface area contributed by atoms with E-state index in [1.807, 2.05) is 30.3 Å². The van der Waals surface area contributed by atoms with Crippen LogP contribution < -0.4 is 11.1 Å². The van der Waals surface area contributed by atoms with Crippen LogP contribution in [0, 0.1) is 0 Å². The van der Waals surface area contributed by atoms with Gasteiger partial charge in [0.2, 0.25) is 0 Å². The van der Waals surface area contributed by atoms with E-state index in [9.17, 15) is 9.90 Å². The summed E-state index contributed by atoms with van der Waals surface area (Å²) in [5, 5.41) is 12.1. The molecular weight excluding hydrogens is 242 g/mol. The number of aliphatic hydroxyl groups excluding tert-OH is 1. The van der Waals surface area contributed by atoms with Crippen molar-refractivity contribution in [2.45, 2.75) is 12.5 Å². The molecule has 2 rings (SSSR count). The Balaban J connectivity index is 1.97. The van der Waals surface area contributed by atoms with Crippen LogP contribution in [0.1, 0.15) is 16.1 Å². The number of aromatic amines is 1. The van der Waals surface area contributed by atoms with Gasteiger partial charge in [-0.15, -0.1) is 0 Å². The normalized spacial score (nSPS) is 12.1. The molecule has 0 aliphatic heterocycles. The summed E-state index contributed by atoms with van der Waals surface area (Å²) < 4.78 is 0. The van der Waals surface area contributed by atoms with E-state index in [0.29, 0.717) is 17.8 Å². The number of benzene rings is 1. The lowest BCUT2D eigenvalue weighted by molar-refractivity contribution is 0.0912. The summed E-state index contributed by atoms with van der Waals surface area (Å²) in [4.78, 5) is 14.7. The smallest absolute Gasteiger partial charge is 0.268 e. The van der Waals surface area contributed by atoms with Crippen LogP contribution in [-0.4, -0.2) is 28.6 Å². The number of carbonyl (C=O) groups is 1. The second kappa shape index (κ2) is 6.06. The van der Waals surface area contributed by atoms with Crippen molar-refractivity contribution >= 4 is 11.6 Å². The van der Waals surface area contributed by atoms with Gasteiger partial charge in [-0.05, 0) is 18.1 Å². The lowest BCUT2D eigenvalue weighted by Gasteiger charge is -2.15. The first-order valence-electron chi connectivity index (χ1n) is 6.08. The predicted molar refractivity (Wildman–Crippen MR) is 73.7 cm³/mol. The number of H-pyrrole nitrogens is 1. The van der Waals surface area contributed by atoms with Crippen molar-refractivity contribution in [2.75, 3.05) is 12.3 Å². The monoisotopic (exact) mass is 259 g/mol. The zero-order valence-electron chi connectivity index (χ0n) is 10.5. The van der Waals surface area contributed by atoms with Gasteiger partial charge in [0.1, 0.15) is 5.69 Å². The minimum absolute atomic E-state index is 0.114. The Kier molecular flexibility index (Phi) is 4.20. The number of hydrogen-bond acceptors (Lipinski definition) is 3. The molecule has 0 saturated carbocycles. The molecule has 1 aromatic heterocycles. The highest BCUT2D eigenvalue weighted by molar-refractivity contribution is 5.93. The SMILES string of the molecule is Nc1c[nH]c(C(=O)N[C@@H](CO)Cc2ccccc2)c1. The van der Waals surface area contributed by atoms with E-state index in [4.69, 9.17) is 5.73 Å². The molecule has 5 heteroatoms. The first-order valence-corrected chi connectivity index (χ1v) is 6.08. The molecule has 1 atom stereocenters. The zero-order chi connectivity index (χ0) is 13.7. The van der Waals surface area contributed by atoms with Gasteiger partial charge in [0, 0.05) is 11.9 Å². The molecule has 0 radical (unpaired) electrons. The van der Waals surface area contributed by atoms with Gasteiger partial charge in [-0.3, -0.25) is 4.79 Å². The number of nitrogen functional groups attached to an aromatic ring is 1. The molecule has 0 aliphatic rings. The second-order valence-electron chi connectivity index (χ2n) is 4.39. The summed E-state index contributed by atoms with van der Waals surface area (Å²) in [6, 6.07) is 10.9. The number of aromatic nitrogens is 1. The Bertz CT molecular complexity index is 537. The molecule has 5 nitrogen and oxygen atoms in total. The van der Waals surface area contributed by atoms with E-state index in [-0.39, 0.29) is 18.6 Å². The van der Waals surface area contributed by atoms with Crippen molar-refractivity contribution in [1.29, 1.82) is 0 Å². The molecule has 1 amide bonds. The van der Waals surface area contributed by atoms with Crippen molar-refractivity contribution in [3.8, 4) is 0 Å². The van der Waals surface area contributed by atoms with E-state index < -0.39 is 0 Å². The van der Waals surface area contributed by atoms with Crippen LogP contribution in [0.15, 0.2) is 42.6 Å². The van der Waals surface area contributed by atoms with Gasteiger partial charge >= 0.3 is 0 Å². The Hall–Kier alpha value is -2.27. The molecule has 0 unspecified atom stereocenters. The van der Waals surface area contributed by atoms with Crippen molar-refractivity contribution in [3.63, 3.8) is 0 Å². The third-order valence-electron chi connectivity index (χ3n) is 2.83. The highest BCUT2D eigenvalue weighted by Crippen LogP contribution is 2.06. The maximum Gasteiger partial charge on any atom is 0.268 e. The molecule has 0 saturated heterocycles. The van der Waals surface area contributed by atoms with Crippen LogP contribution >= 0.6 is 0 Å². The Morgan fingerprint density at radius 1 is 1.37 bits per heavy atom. The van der Waals surface area contributed by atoms with Gasteiger partial charge in [0.25, 0.3) is 5.91 Å². The van der Waals surface area contributed by atoms with Crippen molar-refractivity contribution in [2.24, 2.45) is 0 Å². The Morgan fingerprint density at radius 3 is 2.68 bits per heavy atom. The number of aliphatic hydroxyl groups is 1. The lowest BCUT2D eigenvalue weighted by atomic mass is 10.1. The molecule has 0 spiro atoms. The van der Waals surface area contributed by atoms with E-state index in [2.05, 4.69) is 10.3 Å². The second-order valence-corrected chi connectivity index (χ2v) is 4.39. The average Bonchev–Trinajstić information content (AvgIpc) is 2.86. The fourth-order valence-electron chi connectivity index (χ4n) is 1.87. The van der Waals surface area contributed by atoms with Gasteiger partial charge in [-0.1, -0.05) is 30.3 Å². The number of nitrogens with two attached hydrogens (primary N) is 1. The molecule has 0 bridgehead atoms. The summed E-state index contributed by atoms with van der Waals surface area (Å²) in [6.07, 6.45) is 2.14. The molecule has 2 aromatic rings. The van der Waals surface area contributed by atoms with E-state index in [1.165, 1.54) is 0 Å². The minimum Gasteiger partial charge on any atom is -0.397 e. The van der Waals surface area contributed by atoms with Gasteiger partial charge in [0.15, 0.2) is 0 Å². The highest BCUT2D eigenvalue weighted by atomic mass is 16.3. The summed E-state index contributed by atoms with van der Waals surface area (Å²) in [6.45, 7) is -0.114. The molecule has 0 aliphatic carbocycles. The van der Waals surface area contributed by atoms with Gasteiger partial charge in [0.05, 0.1) is 12.6 Å². The highest BCUT2D eigenvalue weighted by Gasteiger charge is 2.14. The van der Waals surface area contributed by atoms with Gasteiger partial charge in [-0.25, -0.2) is 0 Å². The summed E-state index contributed by atoms with van der Waals surface area (Å²) in [5.74, 6) is -0.272. The van der Waals surface area contributed by atoms with Crippen LogP contribution in [0.5, 0.6) is 0 Å². The molecule has 100 valence electrons. The maximum atomic E-state index is 11.9. The average molecular weight is 259 g/mol. The lowest BCUT2D eigenvalue weighted by Crippen LogP contribution is -2.39. The summed E-state index contributed by atoms with van der Waals surface area (Å²) in [5.41, 5.74) is 7.51. The molecule has 0 fully saturated rings. The first-order chi connectivity index (χ1) is 9.19. The van der Waals surface area contributed by atoms with Crippen molar-refractivity contribution < 1.29 is 9.90 Å². The Labute approximate surface area is 111 Å². The maximum absolute atomic E-state index is 11.9. The minimum atomic E-state index is -0.320. The molecular formula is C14H17N3O2. The summed E-state index contributed by atoms with van der Waals surface area (Å²) in [7, 11) is 0. The largest absolute Gasteiger partial charge is 0.397 e. The van der Waals surface area contributed by atoms with Gasteiger partial charge in [-0.2, -0.15) is 0 Å². The number of carbonyl (C=O) groups excluding carboxylic acids is 1. The van der Waals surface area contributed by atoms with Crippen LogP contribution in [0.25, 0.3) is 0 Å².